The number of piperazine rings is 1. The van der Waals surface area contributed by atoms with E-state index in [9.17, 15) is 4.79 Å². The summed E-state index contributed by atoms with van der Waals surface area (Å²) < 4.78 is 0. The van der Waals surface area contributed by atoms with Crippen molar-refractivity contribution in [2.75, 3.05) is 26.2 Å². The van der Waals surface area contributed by atoms with E-state index in [2.05, 4.69) is 59.9 Å². The molecule has 0 radical (unpaired) electrons. The van der Waals surface area contributed by atoms with Crippen LogP contribution in [0.5, 0.6) is 0 Å². The van der Waals surface area contributed by atoms with E-state index in [0.29, 0.717) is 5.56 Å². The molecule has 0 atom stereocenters. The van der Waals surface area contributed by atoms with Crippen LogP contribution in [0.2, 0.25) is 0 Å². The lowest BCUT2D eigenvalue weighted by molar-refractivity contribution is 0.0628. The van der Waals surface area contributed by atoms with E-state index in [4.69, 9.17) is 0 Å². The Kier molecular flexibility index (Phi) is 9.20. The van der Waals surface area contributed by atoms with Gasteiger partial charge in [-0.3, -0.25) is 19.7 Å². The number of carbonyl (C=O) groups is 1. The number of hydrogen-bond acceptors (Lipinski definition) is 4. The van der Waals surface area contributed by atoms with Gasteiger partial charge < -0.3 is 4.90 Å². The van der Waals surface area contributed by atoms with Gasteiger partial charge in [-0.2, -0.15) is 0 Å². The van der Waals surface area contributed by atoms with Gasteiger partial charge in [-0.25, -0.2) is 0 Å². The molecule has 1 fully saturated rings. The minimum absolute atomic E-state index is 0. The van der Waals surface area contributed by atoms with Crippen molar-refractivity contribution in [3.8, 4) is 11.3 Å². The van der Waals surface area contributed by atoms with Crippen LogP contribution in [0.3, 0.4) is 0 Å². The predicted molar refractivity (Wildman–Crippen MR) is 134 cm³/mol. The third-order valence-corrected chi connectivity index (χ3v) is 6.02. The molecule has 0 spiro atoms. The number of carbonyl (C=O) groups excluding carboxylic acids is 1. The molecule has 1 aliphatic heterocycles. The van der Waals surface area contributed by atoms with Gasteiger partial charge in [-0.15, -0.1) is 24.8 Å². The lowest BCUT2D eigenvalue weighted by Crippen LogP contribution is -2.48. The fraction of sp³-hybridized carbons (Fsp3) is 0.320. The zero-order valence-electron chi connectivity index (χ0n) is 18.7. The Labute approximate surface area is 202 Å². The summed E-state index contributed by atoms with van der Waals surface area (Å²) in [4.78, 5) is 25.6. The molecule has 4 rings (SSSR count). The van der Waals surface area contributed by atoms with Gasteiger partial charge in [-0.1, -0.05) is 0 Å². The van der Waals surface area contributed by atoms with Gasteiger partial charge in [0, 0.05) is 56.9 Å². The SMILES string of the molecule is Cc1cc(-c2cc(CN3CCN(C(=O)c4cccnc4)CC3)ccn2)cc(C)c1C.Cl.Cl. The molecule has 1 aliphatic rings. The Morgan fingerprint density at radius 3 is 2.25 bits per heavy atom. The molecule has 2 aromatic heterocycles. The number of amides is 1. The number of aryl methyl sites for hydroxylation is 2. The number of rotatable bonds is 4. The molecule has 7 heteroatoms. The molecule has 0 unspecified atom stereocenters. The Morgan fingerprint density at radius 2 is 1.62 bits per heavy atom. The van der Waals surface area contributed by atoms with Gasteiger partial charge in [0.2, 0.25) is 0 Å². The summed E-state index contributed by atoms with van der Waals surface area (Å²) in [5.74, 6) is 0.0686. The Morgan fingerprint density at radius 1 is 0.938 bits per heavy atom. The van der Waals surface area contributed by atoms with Crippen LogP contribution in [-0.2, 0) is 6.54 Å². The molecule has 0 bridgehead atoms. The molecule has 1 saturated heterocycles. The van der Waals surface area contributed by atoms with E-state index < -0.39 is 0 Å². The summed E-state index contributed by atoms with van der Waals surface area (Å²) in [6.07, 6.45) is 5.23. The smallest absolute Gasteiger partial charge is 0.255 e. The fourth-order valence-corrected chi connectivity index (χ4v) is 3.95. The number of aromatic nitrogens is 2. The van der Waals surface area contributed by atoms with Crippen LogP contribution in [-0.4, -0.2) is 51.9 Å². The van der Waals surface area contributed by atoms with Gasteiger partial charge in [-0.05, 0) is 79.4 Å². The summed E-state index contributed by atoms with van der Waals surface area (Å²) in [7, 11) is 0. The van der Waals surface area contributed by atoms with Gasteiger partial charge >= 0.3 is 0 Å². The van der Waals surface area contributed by atoms with Crippen molar-refractivity contribution in [1.29, 1.82) is 0 Å². The quantitative estimate of drug-likeness (QED) is 0.543. The predicted octanol–water partition coefficient (Wildman–Crippen LogP) is 4.87. The molecule has 0 aliphatic carbocycles. The lowest BCUT2D eigenvalue weighted by atomic mass is 9.98. The minimum Gasteiger partial charge on any atom is -0.336 e. The number of benzene rings is 1. The molecule has 3 heterocycles. The van der Waals surface area contributed by atoms with E-state index in [-0.39, 0.29) is 30.7 Å². The Bertz CT molecular complexity index is 1030. The third kappa shape index (κ3) is 5.85. The zero-order chi connectivity index (χ0) is 21.1. The summed E-state index contributed by atoms with van der Waals surface area (Å²) in [5.41, 5.74) is 8.04. The first-order chi connectivity index (χ1) is 14.5. The second-order valence-corrected chi connectivity index (χ2v) is 8.09. The van der Waals surface area contributed by atoms with Gasteiger partial charge in [0.25, 0.3) is 5.91 Å². The number of pyridine rings is 2. The largest absolute Gasteiger partial charge is 0.336 e. The van der Waals surface area contributed by atoms with Crippen LogP contribution in [0.25, 0.3) is 11.3 Å². The lowest BCUT2D eigenvalue weighted by Gasteiger charge is -2.34. The molecular formula is C25H30Cl2N4O. The highest BCUT2D eigenvalue weighted by Crippen LogP contribution is 2.24. The van der Waals surface area contributed by atoms with Crippen molar-refractivity contribution in [2.45, 2.75) is 27.3 Å². The van der Waals surface area contributed by atoms with E-state index in [0.717, 1.165) is 38.4 Å². The zero-order valence-corrected chi connectivity index (χ0v) is 20.4. The second kappa shape index (κ2) is 11.4. The van der Waals surface area contributed by atoms with Crippen LogP contribution in [0.15, 0.2) is 55.0 Å². The first-order valence-electron chi connectivity index (χ1n) is 10.5. The molecule has 5 nitrogen and oxygen atoms in total. The summed E-state index contributed by atoms with van der Waals surface area (Å²) in [6.45, 7) is 10.6. The topological polar surface area (TPSA) is 49.3 Å². The number of hydrogen-bond donors (Lipinski definition) is 0. The van der Waals surface area contributed by atoms with Crippen LogP contribution in [0, 0.1) is 20.8 Å². The number of nitrogens with zero attached hydrogens (tertiary/aromatic N) is 4. The van der Waals surface area contributed by atoms with Crippen molar-refractivity contribution >= 4 is 30.7 Å². The van der Waals surface area contributed by atoms with Gasteiger partial charge in [0.15, 0.2) is 0 Å². The van der Waals surface area contributed by atoms with Crippen molar-refractivity contribution in [1.82, 2.24) is 19.8 Å². The van der Waals surface area contributed by atoms with Gasteiger partial charge in [0.05, 0.1) is 11.3 Å². The highest BCUT2D eigenvalue weighted by Gasteiger charge is 2.22. The fourth-order valence-electron chi connectivity index (χ4n) is 3.95. The highest BCUT2D eigenvalue weighted by atomic mass is 35.5. The standard InChI is InChI=1S/C25H28N4O.2ClH/c1-18-13-23(14-19(2)20(18)3)24-15-21(6-8-27-24)17-28-9-11-29(12-10-28)25(30)22-5-4-7-26-16-22;;/h4-8,13-16H,9-12,17H2,1-3H3;2*1H. The molecule has 1 amide bonds. The third-order valence-electron chi connectivity index (χ3n) is 6.02. The van der Waals surface area contributed by atoms with E-state index in [1.165, 1.54) is 27.8 Å². The molecule has 1 aromatic carbocycles. The normalized spacial score (nSPS) is 13.8. The van der Waals surface area contributed by atoms with Crippen LogP contribution in [0.4, 0.5) is 0 Å². The Hall–Kier alpha value is -2.47. The Balaban J connectivity index is 0.00000181. The van der Waals surface area contributed by atoms with Crippen LogP contribution < -0.4 is 0 Å². The second-order valence-electron chi connectivity index (χ2n) is 8.09. The molecule has 0 saturated carbocycles. The van der Waals surface area contributed by atoms with Crippen molar-refractivity contribution in [3.63, 3.8) is 0 Å². The number of halogens is 2. The van der Waals surface area contributed by atoms with E-state index in [1.807, 2.05) is 23.2 Å². The van der Waals surface area contributed by atoms with E-state index >= 15 is 0 Å². The summed E-state index contributed by atoms with van der Waals surface area (Å²) in [6, 6.07) is 12.4. The summed E-state index contributed by atoms with van der Waals surface area (Å²) >= 11 is 0. The molecule has 3 aromatic rings. The van der Waals surface area contributed by atoms with Crippen molar-refractivity contribution in [2.24, 2.45) is 0 Å². The average molecular weight is 473 g/mol. The minimum atomic E-state index is 0. The molecule has 170 valence electrons. The maximum atomic E-state index is 12.6. The van der Waals surface area contributed by atoms with Gasteiger partial charge in [0.1, 0.15) is 0 Å². The van der Waals surface area contributed by atoms with Crippen molar-refractivity contribution < 1.29 is 4.79 Å². The summed E-state index contributed by atoms with van der Waals surface area (Å²) in [5, 5.41) is 0. The van der Waals surface area contributed by atoms with Crippen LogP contribution in [0.1, 0.15) is 32.6 Å². The monoisotopic (exact) mass is 472 g/mol. The van der Waals surface area contributed by atoms with Crippen molar-refractivity contribution in [3.05, 3.63) is 82.8 Å². The maximum absolute atomic E-state index is 12.6. The molecular weight excluding hydrogens is 443 g/mol. The highest BCUT2D eigenvalue weighted by molar-refractivity contribution is 5.93. The van der Waals surface area contributed by atoms with Crippen LogP contribution >= 0.6 is 24.8 Å². The first-order valence-corrected chi connectivity index (χ1v) is 10.5. The molecule has 0 N–H and O–H groups in total. The maximum Gasteiger partial charge on any atom is 0.255 e. The first kappa shape index (κ1) is 25.8. The van der Waals surface area contributed by atoms with E-state index in [1.54, 1.807) is 12.4 Å². The average Bonchev–Trinajstić information content (AvgIpc) is 2.78. The molecule has 32 heavy (non-hydrogen) atoms.